The maximum absolute atomic E-state index is 14.4. The van der Waals surface area contributed by atoms with Gasteiger partial charge in [0.05, 0.1) is 26.1 Å². The standard InChI is InChI=1S/C43H65N13O13/c1-4-22(2)37-41(67)51-26(10-12-31(45)58)38(64)53-29(18-32(46)59)39(65)52-27(11-13-34(61)48-19-35(62)49-28(40(66)54-37)17-24-6-8-25(57)9-7-24)42(68)55(15-5-14-44)21-36(63)50-30-16-23(3)56(43(30)69)20-33(47)60/h6-9,22-23,26-30,37,57H,4-5,10-21,44H2,1-3H3,(H2,45,58)(H2,46,59)(H2,47,60)(H,48,61)(H,49,62)(H,50,63)(H,51,67)(H,52,65)(H,53,64)(H,54,66)/t22-,23?,26-,27-,28-,29-,30-,37-/m0/s1. The molecule has 2 heterocycles. The second-order valence-electron chi connectivity index (χ2n) is 17.1. The monoisotopic (exact) mass is 971 g/mol. The normalized spacial score (nSPS) is 23.7. The van der Waals surface area contributed by atoms with Gasteiger partial charge in [-0.05, 0) is 62.8 Å². The smallest absolute Gasteiger partial charge is 0.245 e. The lowest BCUT2D eigenvalue weighted by atomic mass is 9.96. The average Bonchev–Trinajstić information content (AvgIpc) is 3.54. The molecule has 3 rings (SSSR count). The van der Waals surface area contributed by atoms with E-state index >= 15 is 0 Å². The highest BCUT2D eigenvalue weighted by Crippen LogP contribution is 2.19. The number of nitrogens with two attached hydrogens (primary N) is 4. The molecule has 12 amide bonds. The number of phenols is 1. The number of hydrogen-bond acceptors (Lipinski definition) is 14. The molecule has 380 valence electrons. The molecule has 0 aromatic heterocycles. The summed E-state index contributed by atoms with van der Waals surface area (Å²) < 4.78 is 0. The van der Waals surface area contributed by atoms with Crippen LogP contribution < -0.4 is 60.2 Å². The van der Waals surface area contributed by atoms with Crippen molar-refractivity contribution >= 4 is 70.9 Å². The van der Waals surface area contributed by atoms with E-state index in [2.05, 4.69) is 37.2 Å². The quantitative estimate of drug-likeness (QED) is 0.0653. The molecule has 2 saturated heterocycles. The number of benzene rings is 1. The molecule has 0 radical (unpaired) electrons. The highest BCUT2D eigenvalue weighted by atomic mass is 16.3. The van der Waals surface area contributed by atoms with Gasteiger partial charge in [-0.3, -0.25) is 57.5 Å². The van der Waals surface area contributed by atoms with E-state index in [1.807, 2.05) is 0 Å². The second kappa shape index (κ2) is 26.8. The Hall–Kier alpha value is -7.38. The third-order valence-corrected chi connectivity index (χ3v) is 11.5. The fourth-order valence-corrected chi connectivity index (χ4v) is 7.54. The third-order valence-electron chi connectivity index (χ3n) is 11.5. The van der Waals surface area contributed by atoms with Crippen LogP contribution in [0.2, 0.25) is 0 Å². The fourth-order valence-electron chi connectivity index (χ4n) is 7.54. The maximum atomic E-state index is 14.4. The summed E-state index contributed by atoms with van der Waals surface area (Å²) in [4.78, 5) is 162. The highest BCUT2D eigenvalue weighted by molar-refractivity contribution is 5.99. The average molecular weight is 972 g/mol. The van der Waals surface area contributed by atoms with Crippen LogP contribution in [0.15, 0.2) is 24.3 Å². The van der Waals surface area contributed by atoms with Crippen LogP contribution in [0.5, 0.6) is 5.75 Å². The van der Waals surface area contributed by atoms with E-state index in [4.69, 9.17) is 22.9 Å². The van der Waals surface area contributed by atoms with E-state index in [1.165, 1.54) is 29.2 Å². The SMILES string of the molecule is CC[C@H](C)[C@@H]1NC(=O)[C@H](Cc2ccc(O)cc2)NC(=O)CNC(=O)CC[C@@H](C(=O)N(CCCN)CC(=O)N[C@H]2CC(C)N(CC(N)=O)C2=O)NC(=O)[C@H](CC(N)=O)NC(=O)[C@H](CCC(N)=O)NC1=O. The minimum Gasteiger partial charge on any atom is -0.508 e. The van der Waals surface area contributed by atoms with E-state index < -0.39 is 164 Å². The molecule has 2 aliphatic heterocycles. The van der Waals surface area contributed by atoms with E-state index in [1.54, 1.807) is 20.8 Å². The van der Waals surface area contributed by atoms with Crippen LogP contribution in [0.4, 0.5) is 0 Å². The Bertz CT molecular complexity index is 2090. The molecule has 1 unspecified atom stereocenters. The number of rotatable bonds is 18. The number of hydrogen-bond donors (Lipinski definition) is 12. The molecule has 1 aromatic rings. The molecule has 0 saturated carbocycles. The van der Waals surface area contributed by atoms with Crippen LogP contribution in [0.25, 0.3) is 0 Å². The van der Waals surface area contributed by atoms with Crippen molar-refractivity contribution in [3.8, 4) is 5.75 Å². The first kappa shape index (κ1) is 55.9. The van der Waals surface area contributed by atoms with Crippen LogP contribution in [-0.4, -0.2) is 161 Å². The van der Waals surface area contributed by atoms with E-state index in [0.717, 1.165) is 4.90 Å². The van der Waals surface area contributed by atoms with Gasteiger partial charge in [0.2, 0.25) is 70.9 Å². The number of phenolic OH excluding ortho intramolecular Hbond substituents is 1. The van der Waals surface area contributed by atoms with Crippen LogP contribution in [-0.2, 0) is 64.0 Å². The molecule has 26 heteroatoms. The van der Waals surface area contributed by atoms with E-state index in [0.29, 0.717) is 12.0 Å². The molecule has 0 aliphatic carbocycles. The van der Waals surface area contributed by atoms with Crippen molar-refractivity contribution < 1.29 is 62.6 Å². The molecule has 1 aromatic carbocycles. The van der Waals surface area contributed by atoms with Crippen molar-refractivity contribution in [1.29, 1.82) is 0 Å². The first-order valence-corrected chi connectivity index (χ1v) is 22.5. The Kier molecular flexibility index (Phi) is 21.8. The lowest BCUT2D eigenvalue weighted by Gasteiger charge is -2.30. The molecule has 0 spiro atoms. The summed E-state index contributed by atoms with van der Waals surface area (Å²) in [5.74, 6) is -11.5. The Morgan fingerprint density at radius 1 is 0.826 bits per heavy atom. The van der Waals surface area contributed by atoms with Gasteiger partial charge < -0.3 is 75.1 Å². The number of nitrogens with zero attached hydrogens (tertiary/aromatic N) is 2. The summed E-state index contributed by atoms with van der Waals surface area (Å²) >= 11 is 0. The van der Waals surface area contributed by atoms with E-state index in [9.17, 15) is 62.6 Å². The zero-order valence-corrected chi connectivity index (χ0v) is 38.9. The Morgan fingerprint density at radius 2 is 1.46 bits per heavy atom. The van der Waals surface area contributed by atoms with Gasteiger partial charge in [0.1, 0.15) is 42.0 Å². The van der Waals surface area contributed by atoms with Gasteiger partial charge in [-0.25, -0.2) is 0 Å². The van der Waals surface area contributed by atoms with Crippen LogP contribution in [0.1, 0.15) is 77.7 Å². The van der Waals surface area contributed by atoms with Crippen molar-refractivity contribution in [2.75, 3.05) is 32.7 Å². The molecule has 2 fully saturated rings. The van der Waals surface area contributed by atoms with Gasteiger partial charge >= 0.3 is 0 Å². The summed E-state index contributed by atoms with van der Waals surface area (Å²) in [6.07, 6.45) is -2.41. The van der Waals surface area contributed by atoms with Gasteiger partial charge in [-0.1, -0.05) is 32.4 Å². The molecule has 16 N–H and O–H groups in total. The molecular weight excluding hydrogens is 907 g/mol. The fraction of sp³-hybridized carbons (Fsp3) is 0.581. The second-order valence-corrected chi connectivity index (χ2v) is 17.1. The van der Waals surface area contributed by atoms with Crippen molar-refractivity contribution in [3.63, 3.8) is 0 Å². The van der Waals surface area contributed by atoms with Crippen molar-refractivity contribution in [2.24, 2.45) is 28.9 Å². The number of nitrogens with one attached hydrogen (secondary N) is 7. The lowest BCUT2D eigenvalue weighted by Crippen LogP contribution is -2.61. The summed E-state index contributed by atoms with van der Waals surface area (Å²) in [5.41, 5.74) is 22.4. The zero-order chi connectivity index (χ0) is 51.5. The topological polar surface area (TPSA) is 420 Å². The maximum Gasteiger partial charge on any atom is 0.245 e. The van der Waals surface area contributed by atoms with Crippen LogP contribution in [0.3, 0.4) is 0 Å². The number of amides is 12. The Labute approximate surface area is 397 Å². The first-order valence-electron chi connectivity index (χ1n) is 22.5. The minimum atomic E-state index is -1.84. The van der Waals surface area contributed by atoms with Gasteiger partial charge in [0.15, 0.2) is 0 Å². The highest BCUT2D eigenvalue weighted by Gasteiger charge is 2.40. The summed E-state index contributed by atoms with van der Waals surface area (Å²) in [7, 11) is 0. The number of carbonyl (C=O) groups excluding carboxylic acids is 12. The third kappa shape index (κ3) is 18.0. The number of likely N-dealkylation sites (tertiary alicyclic amines) is 1. The zero-order valence-electron chi connectivity index (χ0n) is 38.9. The van der Waals surface area contributed by atoms with E-state index in [-0.39, 0.29) is 44.6 Å². The predicted molar refractivity (Wildman–Crippen MR) is 243 cm³/mol. The predicted octanol–water partition coefficient (Wildman–Crippen LogP) is -5.78. The van der Waals surface area contributed by atoms with Crippen molar-refractivity contribution in [2.45, 2.75) is 121 Å². The largest absolute Gasteiger partial charge is 0.508 e. The number of primary amides is 3. The summed E-state index contributed by atoms with van der Waals surface area (Å²) in [6, 6.07) is -3.71. The van der Waals surface area contributed by atoms with Gasteiger partial charge in [0.25, 0.3) is 0 Å². The van der Waals surface area contributed by atoms with Crippen LogP contribution >= 0.6 is 0 Å². The lowest BCUT2D eigenvalue weighted by molar-refractivity contribution is -0.141. The molecular formula is C43H65N13O13. The molecule has 69 heavy (non-hydrogen) atoms. The Morgan fingerprint density at radius 3 is 2.07 bits per heavy atom. The number of aromatic hydroxyl groups is 1. The summed E-state index contributed by atoms with van der Waals surface area (Å²) in [5, 5.41) is 27.2. The molecule has 0 bridgehead atoms. The summed E-state index contributed by atoms with van der Waals surface area (Å²) in [6.45, 7) is 3.08. The van der Waals surface area contributed by atoms with Crippen molar-refractivity contribution in [1.82, 2.24) is 47.0 Å². The molecule has 2 aliphatic rings. The number of carbonyl (C=O) groups is 12. The first-order chi connectivity index (χ1) is 32.5. The Balaban J connectivity index is 2.05. The van der Waals surface area contributed by atoms with Gasteiger partial charge in [0, 0.05) is 31.8 Å². The molecule has 8 atom stereocenters. The van der Waals surface area contributed by atoms with Gasteiger partial charge in [-0.15, -0.1) is 0 Å². The van der Waals surface area contributed by atoms with Crippen molar-refractivity contribution in [3.05, 3.63) is 29.8 Å². The van der Waals surface area contributed by atoms with Gasteiger partial charge in [-0.2, -0.15) is 0 Å². The minimum absolute atomic E-state index is 0.0311. The van der Waals surface area contributed by atoms with Crippen LogP contribution in [0, 0.1) is 5.92 Å². The molecule has 26 nitrogen and oxygen atoms in total.